The number of carbonyl (C=O) groups excluding carboxylic acids is 1. The minimum Gasteiger partial charge on any atom is -0.493 e. The number of rotatable bonds is 9. The van der Waals surface area contributed by atoms with Crippen LogP contribution < -0.4 is 4.74 Å². The fourth-order valence-electron chi connectivity index (χ4n) is 1.97. The standard InChI is InChI=1S/C18H19BrO3/c19-18(13-20)16-8-4-9-17(12-16)22-11-5-10-21-14-15-6-2-1-3-7-15/h1-4,6-9,12-13,18H,5,10-11,14H2. The van der Waals surface area contributed by atoms with Crippen LogP contribution in [0.15, 0.2) is 54.6 Å². The number of hydrogen-bond acceptors (Lipinski definition) is 3. The zero-order chi connectivity index (χ0) is 15.6. The molecule has 0 aromatic heterocycles. The van der Waals surface area contributed by atoms with Crippen LogP contribution in [0.1, 0.15) is 22.4 Å². The summed E-state index contributed by atoms with van der Waals surface area (Å²) in [5.41, 5.74) is 2.07. The van der Waals surface area contributed by atoms with Crippen molar-refractivity contribution in [2.24, 2.45) is 0 Å². The molecule has 0 fully saturated rings. The summed E-state index contributed by atoms with van der Waals surface area (Å²) in [5.74, 6) is 0.770. The summed E-state index contributed by atoms with van der Waals surface area (Å²) in [6.45, 7) is 1.87. The largest absolute Gasteiger partial charge is 0.493 e. The Hall–Kier alpha value is -1.65. The van der Waals surface area contributed by atoms with Gasteiger partial charge < -0.3 is 14.3 Å². The molecule has 116 valence electrons. The molecule has 2 aromatic carbocycles. The third-order valence-electron chi connectivity index (χ3n) is 3.11. The Morgan fingerprint density at radius 3 is 2.64 bits per heavy atom. The first-order chi connectivity index (χ1) is 10.8. The van der Waals surface area contributed by atoms with E-state index < -0.39 is 0 Å². The SMILES string of the molecule is O=CC(Br)c1cccc(OCCCOCc2ccccc2)c1. The molecular formula is C18H19BrO3. The highest BCUT2D eigenvalue weighted by atomic mass is 79.9. The maximum atomic E-state index is 10.8. The number of benzene rings is 2. The number of aldehydes is 1. The molecule has 0 aliphatic heterocycles. The lowest BCUT2D eigenvalue weighted by molar-refractivity contribution is -0.107. The summed E-state index contributed by atoms with van der Waals surface area (Å²) in [4.78, 5) is 10.5. The van der Waals surface area contributed by atoms with Crippen molar-refractivity contribution in [3.05, 3.63) is 65.7 Å². The van der Waals surface area contributed by atoms with E-state index in [-0.39, 0.29) is 4.83 Å². The first kappa shape index (κ1) is 16.7. The van der Waals surface area contributed by atoms with Gasteiger partial charge in [0.05, 0.1) is 24.6 Å². The number of ether oxygens (including phenoxy) is 2. The molecule has 0 radical (unpaired) electrons. The van der Waals surface area contributed by atoms with E-state index in [0.717, 1.165) is 24.0 Å². The topological polar surface area (TPSA) is 35.5 Å². The molecule has 22 heavy (non-hydrogen) atoms. The van der Waals surface area contributed by atoms with Crippen molar-refractivity contribution < 1.29 is 14.3 Å². The van der Waals surface area contributed by atoms with Crippen LogP contribution >= 0.6 is 15.9 Å². The second-order valence-corrected chi connectivity index (χ2v) is 5.84. The number of halogens is 1. The second kappa shape index (κ2) is 9.38. The molecule has 0 aliphatic rings. The Morgan fingerprint density at radius 1 is 1.05 bits per heavy atom. The van der Waals surface area contributed by atoms with Crippen LogP contribution in [0.5, 0.6) is 5.75 Å². The van der Waals surface area contributed by atoms with Crippen molar-refractivity contribution in [3.8, 4) is 5.75 Å². The van der Waals surface area contributed by atoms with Crippen LogP contribution in [0.2, 0.25) is 0 Å². The van der Waals surface area contributed by atoms with E-state index in [2.05, 4.69) is 15.9 Å². The molecule has 4 heteroatoms. The zero-order valence-electron chi connectivity index (χ0n) is 12.3. The van der Waals surface area contributed by atoms with Crippen LogP contribution in [0.3, 0.4) is 0 Å². The lowest BCUT2D eigenvalue weighted by Gasteiger charge is -2.09. The van der Waals surface area contributed by atoms with Crippen molar-refractivity contribution in [1.29, 1.82) is 0 Å². The lowest BCUT2D eigenvalue weighted by atomic mass is 10.1. The molecule has 1 atom stereocenters. The number of carbonyl (C=O) groups is 1. The van der Waals surface area contributed by atoms with Gasteiger partial charge in [0.25, 0.3) is 0 Å². The first-order valence-electron chi connectivity index (χ1n) is 7.23. The highest BCUT2D eigenvalue weighted by Gasteiger charge is 2.06. The molecule has 2 aromatic rings. The Bertz CT molecular complexity index is 572. The van der Waals surface area contributed by atoms with Crippen molar-refractivity contribution in [2.75, 3.05) is 13.2 Å². The normalized spacial score (nSPS) is 11.9. The highest BCUT2D eigenvalue weighted by molar-refractivity contribution is 9.09. The average Bonchev–Trinajstić information content (AvgIpc) is 2.58. The van der Waals surface area contributed by atoms with Crippen molar-refractivity contribution in [3.63, 3.8) is 0 Å². The molecule has 0 bridgehead atoms. The van der Waals surface area contributed by atoms with Gasteiger partial charge in [-0.1, -0.05) is 58.4 Å². The van der Waals surface area contributed by atoms with Gasteiger partial charge in [-0.25, -0.2) is 0 Å². The molecule has 0 aliphatic carbocycles. The van der Waals surface area contributed by atoms with Crippen LogP contribution in [0, 0.1) is 0 Å². The van der Waals surface area contributed by atoms with Gasteiger partial charge in [0, 0.05) is 6.42 Å². The smallest absolute Gasteiger partial charge is 0.138 e. The first-order valence-corrected chi connectivity index (χ1v) is 8.15. The van der Waals surface area contributed by atoms with Gasteiger partial charge in [-0.2, -0.15) is 0 Å². The zero-order valence-corrected chi connectivity index (χ0v) is 13.9. The molecule has 1 unspecified atom stereocenters. The van der Waals surface area contributed by atoms with Gasteiger partial charge in [-0.15, -0.1) is 0 Å². The third kappa shape index (κ3) is 5.62. The van der Waals surface area contributed by atoms with Gasteiger partial charge in [-0.05, 0) is 23.3 Å². The van der Waals surface area contributed by atoms with Crippen LogP contribution in [0.4, 0.5) is 0 Å². The van der Waals surface area contributed by atoms with Crippen LogP contribution in [-0.4, -0.2) is 19.5 Å². The van der Waals surface area contributed by atoms with Crippen molar-refractivity contribution in [2.45, 2.75) is 17.9 Å². The predicted octanol–water partition coefficient (Wildman–Crippen LogP) is 4.31. The number of hydrogen-bond donors (Lipinski definition) is 0. The number of alkyl halides is 1. The van der Waals surface area contributed by atoms with E-state index in [9.17, 15) is 4.79 Å². The summed E-state index contributed by atoms with van der Waals surface area (Å²) in [5, 5.41) is 0. The van der Waals surface area contributed by atoms with Gasteiger partial charge in [-0.3, -0.25) is 0 Å². The fourth-order valence-corrected chi connectivity index (χ4v) is 2.25. The third-order valence-corrected chi connectivity index (χ3v) is 3.85. The Balaban J connectivity index is 1.65. The molecule has 3 nitrogen and oxygen atoms in total. The summed E-state index contributed by atoms with van der Waals surface area (Å²) in [6, 6.07) is 17.6. The van der Waals surface area contributed by atoms with Gasteiger partial charge in [0.2, 0.25) is 0 Å². The molecule has 0 amide bonds. The fraction of sp³-hybridized carbons (Fsp3) is 0.278. The summed E-state index contributed by atoms with van der Waals surface area (Å²) < 4.78 is 11.3. The average molecular weight is 363 g/mol. The maximum Gasteiger partial charge on any atom is 0.138 e. The summed E-state index contributed by atoms with van der Waals surface area (Å²) in [7, 11) is 0. The van der Waals surface area contributed by atoms with Gasteiger partial charge >= 0.3 is 0 Å². The van der Waals surface area contributed by atoms with E-state index in [0.29, 0.717) is 19.8 Å². The molecule has 0 saturated carbocycles. The maximum absolute atomic E-state index is 10.8. The molecule has 0 saturated heterocycles. The quantitative estimate of drug-likeness (QED) is 0.378. The second-order valence-electron chi connectivity index (χ2n) is 4.85. The van der Waals surface area contributed by atoms with Crippen molar-refractivity contribution >= 4 is 22.2 Å². The molecular weight excluding hydrogens is 344 g/mol. The van der Waals surface area contributed by atoms with Crippen LogP contribution in [-0.2, 0) is 16.1 Å². The van der Waals surface area contributed by atoms with E-state index >= 15 is 0 Å². The van der Waals surface area contributed by atoms with Crippen molar-refractivity contribution in [1.82, 2.24) is 0 Å². The van der Waals surface area contributed by atoms with Gasteiger partial charge in [0.15, 0.2) is 0 Å². The van der Waals surface area contributed by atoms with E-state index in [1.807, 2.05) is 54.6 Å². The predicted molar refractivity (Wildman–Crippen MR) is 90.4 cm³/mol. The summed E-state index contributed by atoms with van der Waals surface area (Å²) in [6.07, 6.45) is 1.68. The lowest BCUT2D eigenvalue weighted by Crippen LogP contribution is -2.03. The van der Waals surface area contributed by atoms with E-state index in [1.54, 1.807) is 0 Å². The Kier molecular flexibility index (Phi) is 7.13. The molecule has 0 heterocycles. The highest BCUT2D eigenvalue weighted by Crippen LogP contribution is 2.24. The summed E-state index contributed by atoms with van der Waals surface area (Å²) >= 11 is 3.30. The molecule has 0 N–H and O–H groups in total. The monoisotopic (exact) mass is 362 g/mol. The van der Waals surface area contributed by atoms with Crippen LogP contribution in [0.25, 0.3) is 0 Å². The molecule has 0 spiro atoms. The van der Waals surface area contributed by atoms with E-state index in [4.69, 9.17) is 9.47 Å². The molecule has 2 rings (SSSR count). The van der Waals surface area contributed by atoms with E-state index in [1.165, 1.54) is 5.56 Å². The Morgan fingerprint density at radius 2 is 1.86 bits per heavy atom. The minimum atomic E-state index is -0.287. The van der Waals surface area contributed by atoms with Gasteiger partial charge in [0.1, 0.15) is 12.0 Å². The minimum absolute atomic E-state index is 0.287. The Labute approximate surface area is 139 Å².